The molecule has 0 saturated carbocycles. The highest BCUT2D eigenvalue weighted by molar-refractivity contribution is 6.34. The zero-order valence-electron chi connectivity index (χ0n) is 9.45. The third-order valence-corrected chi connectivity index (χ3v) is 2.75. The molecule has 6 heteroatoms. The maximum absolute atomic E-state index is 6.17. The lowest BCUT2D eigenvalue weighted by Gasteiger charge is -2.13. The summed E-state index contributed by atoms with van der Waals surface area (Å²) < 4.78 is 10.5. The van der Waals surface area contributed by atoms with Gasteiger partial charge in [0.1, 0.15) is 5.82 Å². The van der Waals surface area contributed by atoms with E-state index < -0.39 is 0 Å². The fourth-order valence-corrected chi connectivity index (χ4v) is 1.90. The molecule has 0 aliphatic carbocycles. The molecule has 0 saturated heterocycles. The average Bonchev–Trinajstić information content (AvgIpc) is 2.74. The van der Waals surface area contributed by atoms with Crippen LogP contribution in [0.25, 0.3) is 11.1 Å². The molecule has 90 valence electrons. The van der Waals surface area contributed by atoms with Crippen molar-refractivity contribution in [2.45, 2.75) is 0 Å². The summed E-state index contributed by atoms with van der Waals surface area (Å²) in [5.74, 6) is 1.55. The zero-order valence-corrected chi connectivity index (χ0v) is 10.2. The van der Waals surface area contributed by atoms with E-state index in [1.165, 1.54) is 0 Å². The molecule has 0 aliphatic heterocycles. The van der Waals surface area contributed by atoms with Gasteiger partial charge in [0.05, 0.1) is 31.0 Å². The first-order valence-electron chi connectivity index (χ1n) is 4.88. The van der Waals surface area contributed by atoms with Crippen molar-refractivity contribution in [3.63, 3.8) is 0 Å². The van der Waals surface area contributed by atoms with Crippen molar-refractivity contribution in [1.82, 2.24) is 10.2 Å². The molecule has 0 unspecified atom stereocenters. The molecule has 0 aliphatic rings. The molecule has 0 fully saturated rings. The van der Waals surface area contributed by atoms with E-state index in [1.807, 2.05) is 0 Å². The largest absolute Gasteiger partial charge is 0.493 e. The van der Waals surface area contributed by atoms with Crippen LogP contribution in [0.1, 0.15) is 0 Å². The number of nitrogens with two attached hydrogens (primary N) is 1. The van der Waals surface area contributed by atoms with E-state index in [2.05, 4.69) is 10.2 Å². The zero-order chi connectivity index (χ0) is 12.4. The summed E-state index contributed by atoms with van der Waals surface area (Å²) in [6.45, 7) is 0. The third kappa shape index (κ3) is 1.89. The van der Waals surface area contributed by atoms with Crippen LogP contribution in [0, 0.1) is 0 Å². The van der Waals surface area contributed by atoms with Crippen molar-refractivity contribution in [3.8, 4) is 22.6 Å². The Morgan fingerprint density at radius 3 is 2.59 bits per heavy atom. The van der Waals surface area contributed by atoms with E-state index in [9.17, 15) is 0 Å². The molecule has 0 amide bonds. The van der Waals surface area contributed by atoms with Gasteiger partial charge in [0.15, 0.2) is 11.5 Å². The van der Waals surface area contributed by atoms with Gasteiger partial charge in [0, 0.05) is 5.56 Å². The van der Waals surface area contributed by atoms with Gasteiger partial charge in [0.2, 0.25) is 0 Å². The fraction of sp³-hybridized carbons (Fsp3) is 0.182. The van der Waals surface area contributed by atoms with E-state index in [-0.39, 0.29) is 0 Å². The summed E-state index contributed by atoms with van der Waals surface area (Å²) in [6, 6.07) is 3.46. The number of halogens is 1. The van der Waals surface area contributed by atoms with Crippen LogP contribution in [0.15, 0.2) is 18.3 Å². The molecule has 17 heavy (non-hydrogen) atoms. The van der Waals surface area contributed by atoms with Crippen molar-refractivity contribution >= 4 is 17.4 Å². The van der Waals surface area contributed by atoms with Gasteiger partial charge < -0.3 is 15.2 Å². The van der Waals surface area contributed by atoms with Crippen LogP contribution in [0.4, 0.5) is 5.82 Å². The van der Waals surface area contributed by atoms with Crippen LogP contribution in [-0.4, -0.2) is 24.4 Å². The first kappa shape index (κ1) is 11.6. The minimum atomic E-state index is 0.429. The predicted octanol–water partition coefficient (Wildman–Crippen LogP) is 2.33. The monoisotopic (exact) mass is 253 g/mol. The van der Waals surface area contributed by atoms with Gasteiger partial charge in [-0.05, 0) is 12.1 Å². The molecule has 5 nitrogen and oxygen atoms in total. The number of nitrogens with zero attached hydrogens (tertiary/aromatic N) is 1. The molecular formula is C11H12ClN3O2. The minimum absolute atomic E-state index is 0.429. The highest BCUT2D eigenvalue weighted by atomic mass is 35.5. The number of nitrogens with one attached hydrogen (secondary N) is 1. The number of hydrogen-bond acceptors (Lipinski definition) is 4. The number of aromatic nitrogens is 2. The van der Waals surface area contributed by atoms with Gasteiger partial charge in [-0.2, -0.15) is 5.10 Å². The molecule has 0 spiro atoms. The van der Waals surface area contributed by atoms with Gasteiger partial charge >= 0.3 is 0 Å². The number of rotatable bonds is 3. The fourth-order valence-electron chi connectivity index (χ4n) is 1.65. The van der Waals surface area contributed by atoms with Crippen LogP contribution in [-0.2, 0) is 0 Å². The smallest absolute Gasteiger partial charge is 0.170 e. The van der Waals surface area contributed by atoms with Crippen molar-refractivity contribution < 1.29 is 9.47 Å². The van der Waals surface area contributed by atoms with E-state index in [1.54, 1.807) is 32.5 Å². The first-order chi connectivity index (χ1) is 8.19. The molecule has 1 aromatic carbocycles. The molecule has 2 rings (SSSR count). The Morgan fingerprint density at radius 2 is 2.06 bits per heavy atom. The molecule has 3 N–H and O–H groups in total. The van der Waals surface area contributed by atoms with Gasteiger partial charge in [-0.3, -0.25) is 5.10 Å². The van der Waals surface area contributed by atoms with E-state index in [4.69, 9.17) is 26.8 Å². The summed E-state index contributed by atoms with van der Waals surface area (Å²) in [7, 11) is 3.11. The van der Waals surface area contributed by atoms with Crippen molar-refractivity contribution in [1.29, 1.82) is 0 Å². The molecule has 0 radical (unpaired) electrons. The van der Waals surface area contributed by atoms with Gasteiger partial charge in [0.25, 0.3) is 0 Å². The highest BCUT2D eigenvalue weighted by Crippen LogP contribution is 2.44. The first-order valence-corrected chi connectivity index (χ1v) is 5.26. The highest BCUT2D eigenvalue weighted by Gasteiger charge is 2.18. The van der Waals surface area contributed by atoms with Gasteiger partial charge in [-0.25, -0.2) is 0 Å². The maximum Gasteiger partial charge on any atom is 0.170 e. The number of benzene rings is 1. The number of methoxy groups -OCH3 is 2. The molecule has 0 bridgehead atoms. The topological polar surface area (TPSA) is 73.2 Å². The molecule has 2 aromatic rings. The van der Waals surface area contributed by atoms with E-state index >= 15 is 0 Å². The lowest BCUT2D eigenvalue weighted by atomic mass is 10.1. The lowest BCUT2D eigenvalue weighted by Crippen LogP contribution is -1.95. The van der Waals surface area contributed by atoms with Crippen LogP contribution < -0.4 is 15.2 Å². The summed E-state index contributed by atoms with van der Waals surface area (Å²) in [5.41, 5.74) is 7.14. The van der Waals surface area contributed by atoms with Crippen LogP contribution >= 0.6 is 11.6 Å². The number of anilines is 1. The number of H-pyrrole nitrogens is 1. The average molecular weight is 254 g/mol. The summed E-state index contributed by atoms with van der Waals surface area (Å²) in [6.07, 6.45) is 1.60. The second-order valence-corrected chi connectivity index (χ2v) is 3.76. The molecule has 1 aromatic heterocycles. The quantitative estimate of drug-likeness (QED) is 0.881. The number of hydrogen-bond donors (Lipinski definition) is 2. The maximum atomic E-state index is 6.17. The lowest BCUT2D eigenvalue weighted by molar-refractivity contribution is 0.356. The van der Waals surface area contributed by atoms with E-state index in [0.717, 1.165) is 0 Å². The Morgan fingerprint density at radius 1 is 1.29 bits per heavy atom. The SMILES string of the molecule is COc1ccc(Cl)c(-c2cn[nH]c2N)c1OC. The number of ether oxygens (including phenoxy) is 2. The summed E-state index contributed by atoms with van der Waals surface area (Å²) >= 11 is 6.17. The summed E-state index contributed by atoms with van der Waals surface area (Å²) in [5, 5.41) is 7.04. The van der Waals surface area contributed by atoms with Crippen molar-refractivity contribution in [2.75, 3.05) is 20.0 Å². The van der Waals surface area contributed by atoms with Gasteiger partial charge in [-0.1, -0.05) is 11.6 Å². The Labute approximate surface area is 103 Å². The van der Waals surface area contributed by atoms with Crippen molar-refractivity contribution in [3.05, 3.63) is 23.4 Å². The molecule has 1 heterocycles. The third-order valence-electron chi connectivity index (χ3n) is 2.43. The minimum Gasteiger partial charge on any atom is -0.493 e. The van der Waals surface area contributed by atoms with Gasteiger partial charge in [-0.15, -0.1) is 0 Å². The number of nitrogen functional groups attached to an aromatic ring is 1. The Balaban J connectivity index is 2.71. The predicted molar refractivity (Wildman–Crippen MR) is 66.6 cm³/mol. The van der Waals surface area contributed by atoms with Crippen molar-refractivity contribution in [2.24, 2.45) is 0 Å². The normalized spacial score (nSPS) is 10.3. The van der Waals surface area contributed by atoms with Crippen LogP contribution in [0.2, 0.25) is 5.02 Å². The Kier molecular flexibility index (Phi) is 3.10. The van der Waals surface area contributed by atoms with Crippen LogP contribution in [0.3, 0.4) is 0 Å². The summed E-state index contributed by atoms with van der Waals surface area (Å²) in [4.78, 5) is 0. The number of aromatic amines is 1. The Bertz CT molecular complexity index is 540. The van der Waals surface area contributed by atoms with E-state index in [0.29, 0.717) is 33.5 Å². The molecular weight excluding hydrogens is 242 g/mol. The van der Waals surface area contributed by atoms with Crippen LogP contribution in [0.5, 0.6) is 11.5 Å². The standard InChI is InChI=1S/C11H12ClN3O2/c1-16-8-4-3-7(12)9(10(8)17-2)6-5-14-15-11(6)13/h3-5H,1-2H3,(H3,13,14,15). The Hall–Kier alpha value is -1.88. The second kappa shape index (κ2) is 4.55. The molecule has 0 atom stereocenters. The second-order valence-electron chi connectivity index (χ2n) is 3.36.